The topological polar surface area (TPSA) is 41.6 Å². The van der Waals surface area contributed by atoms with E-state index >= 15 is 0 Å². The fourth-order valence-electron chi connectivity index (χ4n) is 3.24. The number of likely N-dealkylation sites (tertiary alicyclic amines) is 1. The summed E-state index contributed by atoms with van der Waals surface area (Å²) in [5.74, 6) is 1.65. The molecule has 4 nitrogen and oxygen atoms in total. The molecule has 2 aliphatic heterocycles. The average molecular weight is 224 g/mol. The van der Waals surface area contributed by atoms with E-state index in [0.29, 0.717) is 18.6 Å². The Kier molecular flexibility index (Phi) is 2.27. The van der Waals surface area contributed by atoms with Gasteiger partial charge >= 0.3 is 0 Å². The lowest BCUT2D eigenvalue weighted by Gasteiger charge is -2.29. The molecule has 3 atom stereocenters. The Morgan fingerprint density at radius 2 is 2.06 bits per heavy atom. The SMILES string of the molecule is CC1(C)C2CN(C(=O)C3CNCCO3)CC21. The quantitative estimate of drug-likeness (QED) is 0.686. The molecule has 1 aliphatic carbocycles. The van der Waals surface area contributed by atoms with E-state index in [2.05, 4.69) is 19.2 Å². The van der Waals surface area contributed by atoms with Gasteiger partial charge in [0.15, 0.2) is 0 Å². The Morgan fingerprint density at radius 3 is 2.62 bits per heavy atom. The first-order chi connectivity index (χ1) is 7.60. The van der Waals surface area contributed by atoms with Crippen LogP contribution in [0.2, 0.25) is 0 Å². The van der Waals surface area contributed by atoms with Crippen molar-refractivity contribution in [3.8, 4) is 0 Å². The number of nitrogens with one attached hydrogen (secondary N) is 1. The molecule has 1 N–H and O–H groups in total. The molecule has 0 spiro atoms. The maximum atomic E-state index is 12.1. The Bertz CT molecular complexity index is 296. The van der Waals surface area contributed by atoms with Gasteiger partial charge in [-0.25, -0.2) is 0 Å². The number of nitrogens with zero attached hydrogens (tertiary/aromatic N) is 1. The van der Waals surface area contributed by atoms with Gasteiger partial charge in [-0.2, -0.15) is 0 Å². The number of ether oxygens (including phenoxy) is 1. The molecule has 2 heterocycles. The fraction of sp³-hybridized carbons (Fsp3) is 0.917. The van der Waals surface area contributed by atoms with Crippen LogP contribution in [0, 0.1) is 17.3 Å². The second kappa shape index (κ2) is 3.44. The Balaban J connectivity index is 1.57. The van der Waals surface area contributed by atoms with Crippen molar-refractivity contribution in [1.82, 2.24) is 10.2 Å². The predicted molar refractivity (Wildman–Crippen MR) is 60.0 cm³/mol. The lowest BCUT2D eigenvalue weighted by Crippen LogP contribution is -2.49. The third kappa shape index (κ3) is 1.47. The maximum absolute atomic E-state index is 12.1. The minimum absolute atomic E-state index is 0.190. The summed E-state index contributed by atoms with van der Waals surface area (Å²) in [6.07, 6.45) is -0.241. The smallest absolute Gasteiger partial charge is 0.253 e. The summed E-state index contributed by atoms with van der Waals surface area (Å²) in [6, 6.07) is 0. The third-order valence-electron chi connectivity index (χ3n) is 4.64. The Labute approximate surface area is 96.3 Å². The monoisotopic (exact) mass is 224 g/mol. The van der Waals surface area contributed by atoms with Gasteiger partial charge in [0.05, 0.1) is 6.61 Å². The molecular formula is C12H20N2O2. The molecule has 0 bridgehead atoms. The van der Waals surface area contributed by atoms with Crippen LogP contribution in [0.1, 0.15) is 13.8 Å². The number of carbonyl (C=O) groups is 1. The molecule has 0 aromatic heterocycles. The van der Waals surface area contributed by atoms with Crippen LogP contribution in [0.3, 0.4) is 0 Å². The van der Waals surface area contributed by atoms with Crippen LogP contribution < -0.4 is 5.32 Å². The van der Waals surface area contributed by atoms with E-state index < -0.39 is 0 Å². The molecule has 90 valence electrons. The van der Waals surface area contributed by atoms with Gasteiger partial charge in [-0.15, -0.1) is 0 Å². The van der Waals surface area contributed by atoms with Crippen LogP contribution >= 0.6 is 0 Å². The van der Waals surface area contributed by atoms with Gasteiger partial charge in [-0.3, -0.25) is 4.79 Å². The molecule has 3 rings (SSSR count). The summed E-state index contributed by atoms with van der Waals surface area (Å²) >= 11 is 0. The van der Waals surface area contributed by atoms with Crippen LogP contribution in [-0.4, -0.2) is 49.7 Å². The number of piperidine rings is 1. The van der Waals surface area contributed by atoms with E-state index in [-0.39, 0.29) is 12.0 Å². The van der Waals surface area contributed by atoms with Gasteiger partial charge in [0.25, 0.3) is 5.91 Å². The number of rotatable bonds is 1. The molecule has 0 aromatic carbocycles. The number of morpholine rings is 1. The summed E-state index contributed by atoms with van der Waals surface area (Å²) in [5.41, 5.74) is 0.475. The lowest BCUT2D eigenvalue weighted by molar-refractivity contribution is -0.145. The highest BCUT2D eigenvalue weighted by Gasteiger charge is 2.62. The number of amides is 1. The van der Waals surface area contributed by atoms with E-state index in [1.807, 2.05) is 4.90 Å². The Hall–Kier alpha value is -0.610. The van der Waals surface area contributed by atoms with Crippen LogP contribution in [0.5, 0.6) is 0 Å². The molecule has 2 saturated heterocycles. The summed E-state index contributed by atoms with van der Waals surface area (Å²) < 4.78 is 5.50. The van der Waals surface area contributed by atoms with E-state index in [1.54, 1.807) is 0 Å². The molecule has 1 amide bonds. The first-order valence-corrected chi connectivity index (χ1v) is 6.22. The normalized spacial score (nSPS) is 40.6. The molecule has 3 aliphatic rings. The van der Waals surface area contributed by atoms with Crippen molar-refractivity contribution in [3.05, 3.63) is 0 Å². The molecule has 4 heteroatoms. The lowest BCUT2D eigenvalue weighted by atomic mass is 10.1. The number of hydrogen-bond donors (Lipinski definition) is 1. The van der Waals surface area contributed by atoms with Gasteiger partial charge in [0, 0.05) is 26.2 Å². The predicted octanol–water partition coefficient (Wildman–Crippen LogP) is 0.0892. The first kappa shape index (κ1) is 10.5. The van der Waals surface area contributed by atoms with Crippen LogP contribution in [-0.2, 0) is 9.53 Å². The van der Waals surface area contributed by atoms with Crippen molar-refractivity contribution in [2.24, 2.45) is 17.3 Å². The Morgan fingerprint density at radius 1 is 1.38 bits per heavy atom. The highest BCUT2D eigenvalue weighted by Crippen LogP contribution is 2.61. The number of fused-ring (bicyclic) bond motifs is 1. The van der Waals surface area contributed by atoms with E-state index in [4.69, 9.17) is 4.74 Å². The van der Waals surface area contributed by atoms with Gasteiger partial charge < -0.3 is 15.0 Å². The largest absolute Gasteiger partial charge is 0.366 e. The van der Waals surface area contributed by atoms with Crippen molar-refractivity contribution in [3.63, 3.8) is 0 Å². The zero-order chi connectivity index (χ0) is 11.3. The van der Waals surface area contributed by atoms with Gasteiger partial charge in [-0.05, 0) is 17.3 Å². The van der Waals surface area contributed by atoms with Crippen molar-refractivity contribution in [1.29, 1.82) is 0 Å². The minimum atomic E-state index is -0.241. The van der Waals surface area contributed by atoms with Crippen molar-refractivity contribution < 1.29 is 9.53 Å². The number of hydrogen-bond acceptors (Lipinski definition) is 3. The molecular weight excluding hydrogens is 204 g/mol. The highest BCUT2D eigenvalue weighted by molar-refractivity contribution is 5.82. The average Bonchev–Trinajstić information content (AvgIpc) is 2.72. The van der Waals surface area contributed by atoms with Crippen molar-refractivity contribution in [2.45, 2.75) is 20.0 Å². The highest BCUT2D eigenvalue weighted by atomic mass is 16.5. The molecule has 0 radical (unpaired) electrons. The molecule has 3 unspecified atom stereocenters. The van der Waals surface area contributed by atoms with Crippen molar-refractivity contribution in [2.75, 3.05) is 32.8 Å². The summed E-state index contributed by atoms with van der Waals surface area (Å²) in [7, 11) is 0. The van der Waals surface area contributed by atoms with Crippen LogP contribution in [0.15, 0.2) is 0 Å². The molecule has 0 aromatic rings. The summed E-state index contributed by atoms with van der Waals surface area (Å²) in [6.45, 7) is 8.69. The fourth-order valence-corrected chi connectivity index (χ4v) is 3.24. The van der Waals surface area contributed by atoms with E-state index in [9.17, 15) is 4.79 Å². The zero-order valence-electron chi connectivity index (χ0n) is 10.0. The second-order valence-corrected chi connectivity index (χ2v) is 5.84. The molecule has 1 saturated carbocycles. The van der Waals surface area contributed by atoms with Crippen LogP contribution in [0.4, 0.5) is 0 Å². The van der Waals surface area contributed by atoms with E-state index in [0.717, 1.165) is 31.5 Å². The zero-order valence-corrected chi connectivity index (χ0v) is 10.0. The minimum Gasteiger partial charge on any atom is -0.366 e. The molecule has 16 heavy (non-hydrogen) atoms. The van der Waals surface area contributed by atoms with E-state index in [1.165, 1.54) is 0 Å². The number of carbonyl (C=O) groups excluding carboxylic acids is 1. The van der Waals surface area contributed by atoms with Crippen LogP contribution in [0.25, 0.3) is 0 Å². The van der Waals surface area contributed by atoms with Crippen molar-refractivity contribution >= 4 is 5.91 Å². The van der Waals surface area contributed by atoms with Gasteiger partial charge in [0.1, 0.15) is 6.10 Å². The van der Waals surface area contributed by atoms with Gasteiger partial charge in [-0.1, -0.05) is 13.8 Å². The summed E-state index contributed by atoms with van der Waals surface area (Å²) in [5, 5.41) is 3.21. The second-order valence-electron chi connectivity index (χ2n) is 5.84. The van der Waals surface area contributed by atoms with Gasteiger partial charge in [0.2, 0.25) is 0 Å². The third-order valence-corrected chi connectivity index (χ3v) is 4.64. The molecule has 3 fully saturated rings. The summed E-state index contributed by atoms with van der Waals surface area (Å²) in [4.78, 5) is 14.1. The maximum Gasteiger partial charge on any atom is 0.253 e. The first-order valence-electron chi connectivity index (χ1n) is 6.22. The standard InChI is InChI=1S/C12H20N2O2/c1-12(2)8-6-14(7-9(8)12)11(15)10-5-13-3-4-16-10/h8-10,13H,3-7H2,1-2H3.